The van der Waals surface area contributed by atoms with Gasteiger partial charge in [0.25, 0.3) is 5.91 Å². The first-order valence-electron chi connectivity index (χ1n) is 7.26. The minimum Gasteiger partial charge on any atom is -0.497 e. The molecule has 0 aliphatic carbocycles. The Hall–Kier alpha value is -2.63. The predicted octanol–water partition coefficient (Wildman–Crippen LogP) is 2.95. The molecule has 1 amide bonds. The molecule has 2 aromatic rings. The van der Waals surface area contributed by atoms with Crippen LogP contribution in [0.2, 0.25) is 0 Å². The number of carbonyl (C=O) groups excluding carboxylic acids is 1. The fourth-order valence-electron chi connectivity index (χ4n) is 1.84. The number of benzene rings is 1. The van der Waals surface area contributed by atoms with Gasteiger partial charge in [0, 0.05) is 18.3 Å². The van der Waals surface area contributed by atoms with E-state index in [-0.39, 0.29) is 11.6 Å². The number of nitrogens with one attached hydrogen (secondary N) is 2. The number of amides is 1. The number of nitrogens with zero attached hydrogens (tertiary/aromatic N) is 2. The highest BCUT2D eigenvalue weighted by Gasteiger charge is 2.09. The van der Waals surface area contributed by atoms with Crippen LogP contribution in [0.5, 0.6) is 5.75 Å². The van der Waals surface area contributed by atoms with Crippen LogP contribution in [0.4, 0.5) is 11.5 Å². The molecular weight excluding hydrogens is 280 g/mol. The highest BCUT2D eigenvalue weighted by Crippen LogP contribution is 2.17. The van der Waals surface area contributed by atoms with E-state index in [1.807, 2.05) is 6.07 Å². The summed E-state index contributed by atoms with van der Waals surface area (Å²) in [5, 5.41) is 13.9. The van der Waals surface area contributed by atoms with Crippen molar-refractivity contribution in [3.63, 3.8) is 0 Å². The molecule has 1 aromatic carbocycles. The average Bonchev–Trinajstić information content (AvgIpc) is 2.56. The third-order valence-electron chi connectivity index (χ3n) is 3.06. The zero-order valence-corrected chi connectivity index (χ0v) is 12.8. The first-order chi connectivity index (χ1) is 10.7. The smallest absolute Gasteiger partial charge is 0.276 e. The second kappa shape index (κ2) is 7.97. The van der Waals surface area contributed by atoms with Crippen LogP contribution in [0, 0.1) is 0 Å². The third-order valence-corrected chi connectivity index (χ3v) is 3.06. The highest BCUT2D eigenvalue weighted by molar-refractivity contribution is 6.02. The van der Waals surface area contributed by atoms with Crippen molar-refractivity contribution in [2.45, 2.75) is 19.8 Å². The van der Waals surface area contributed by atoms with Gasteiger partial charge in [-0.1, -0.05) is 19.4 Å². The van der Waals surface area contributed by atoms with Crippen molar-refractivity contribution < 1.29 is 9.53 Å². The maximum absolute atomic E-state index is 12.1. The fourth-order valence-corrected chi connectivity index (χ4v) is 1.84. The number of hydrogen-bond donors (Lipinski definition) is 2. The Balaban J connectivity index is 1.97. The fraction of sp³-hybridized carbons (Fsp3) is 0.312. The maximum atomic E-state index is 12.1. The molecule has 22 heavy (non-hydrogen) atoms. The summed E-state index contributed by atoms with van der Waals surface area (Å²) in [5.74, 6) is 1.05. The van der Waals surface area contributed by atoms with E-state index in [1.54, 1.807) is 37.4 Å². The molecule has 6 heteroatoms. The Morgan fingerprint density at radius 3 is 2.77 bits per heavy atom. The van der Waals surface area contributed by atoms with Crippen molar-refractivity contribution in [2.75, 3.05) is 24.3 Å². The predicted molar refractivity (Wildman–Crippen MR) is 86.4 cm³/mol. The number of rotatable bonds is 7. The zero-order chi connectivity index (χ0) is 15.8. The lowest BCUT2D eigenvalue weighted by atomic mass is 10.3. The number of carbonyl (C=O) groups is 1. The van der Waals surface area contributed by atoms with Crippen molar-refractivity contribution in [1.29, 1.82) is 0 Å². The van der Waals surface area contributed by atoms with E-state index in [4.69, 9.17) is 4.74 Å². The van der Waals surface area contributed by atoms with E-state index >= 15 is 0 Å². The summed E-state index contributed by atoms with van der Waals surface area (Å²) >= 11 is 0. The molecule has 0 saturated carbocycles. The highest BCUT2D eigenvalue weighted by atomic mass is 16.5. The summed E-state index contributed by atoms with van der Waals surface area (Å²) in [7, 11) is 1.58. The van der Waals surface area contributed by atoms with Gasteiger partial charge in [0.15, 0.2) is 5.69 Å². The summed E-state index contributed by atoms with van der Waals surface area (Å²) in [4.78, 5) is 12.1. The number of unbranched alkanes of at least 4 members (excludes halogenated alkanes) is 1. The Bertz CT molecular complexity index is 614. The van der Waals surface area contributed by atoms with E-state index in [0.29, 0.717) is 17.3 Å². The van der Waals surface area contributed by atoms with Crippen LogP contribution >= 0.6 is 0 Å². The van der Waals surface area contributed by atoms with Crippen LogP contribution in [-0.2, 0) is 0 Å². The van der Waals surface area contributed by atoms with Gasteiger partial charge >= 0.3 is 0 Å². The first-order valence-corrected chi connectivity index (χ1v) is 7.26. The van der Waals surface area contributed by atoms with Crippen LogP contribution in [0.3, 0.4) is 0 Å². The average molecular weight is 300 g/mol. The van der Waals surface area contributed by atoms with Crippen LogP contribution in [0.15, 0.2) is 36.4 Å². The van der Waals surface area contributed by atoms with Gasteiger partial charge in [0.1, 0.15) is 11.6 Å². The molecule has 6 nitrogen and oxygen atoms in total. The van der Waals surface area contributed by atoms with Crippen molar-refractivity contribution in [3.8, 4) is 5.75 Å². The Labute approximate surface area is 129 Å². The van der Waals surface area contributed by atoms with Crippen molar-refractivity contribution >= 4 is 17.4 Å². The topological polar surface area (TPSA) is 76.1 Å². The summed E-state index contributed by atoms with van der Waals surface area (Å²) in [6.45, 7) is 2.97. The van der Waals surface area contributed by atoms with Crippen molar-refractivity contribution in [1.82, 2.24) is 10.2 Å². The quantitative estimate of drug-likeness (QED) is 0.769. The number of ether oxygens (including phenoxy) is 1. The first kappa shape index (κ1) is 15.8. The van der Waals surface area contributed by atoms with Gasteiger partial charge < -0.3 is 15.4 Å². The molecule has 0 spiro atoms. The molecule has 116 valence electrons. The SMILES string of the molecule is CCCCNc1ccc(C(=O)Nc2cccc(OC)c2)nn1. The second-order valence-corrected chi connectivity index (χ2v) is 4.77. The van der Waals surface area contributed by atoms with E-state index in [2.05, 4.69) is 27.8 Å². The molecular formula is C16H20N4O2. The van der Waals surface area contributed by atoms with E-state index < -0.39 is 0 Å². The minimum atomic E-state index is -0.305. The minimum absolute atomic E-state index is 0.267. The Morgan fingerprint density at radius 1 is 1.23 bits per heavy atom. The monoisotopic (exact) mass is 300 g/mol. The maximum Gasteiger partial charge on any atom is 0.276 e. The van der Waals surface area contributed by atoms with Crippen LogP contribution in [-0.4, -0.2) is 29.8 Å². The Kier molecular flexibility index (Phi) is 5.71. The molecule has 2 rings (SSSR count). The molecule has 1 aromatic heterocycles. The summed E-state index contributed by atoms with van der Waals surface area (Å²) in [5.41, 5.74) is 0.917. The lowest BCUT2D eigenvalue weighted by Gasteiger charge is -2.07. The lowest BCUT2D eigenvalue weighted by molar-refractivity contribution is 0.102. The van der Waals surface area contributed by atoms with E-state index in [1.165, 1.54) is 0 Å². The Morgan fingerprint density at radius 2 is 2.09 bits per heavy atom. The summed E-state index contributed by atoms with van der Waals surface area (Å²) < 4.78 is 5.12. The molecule has 0 fully saturated rings. The van der Waals surface area contributed by atoms with Gasteiger partial charge in [-0.25, -0.2) is 0 Å². The van der Waals surface area contributed by atoms with Crippen LogP contribution in [0.1, 0.15) is 30.3 Å². The molecule has 0 aliphatic heterocycles. The number of anilines is 2. The van der Waals surface area contributed by atoms with Gasteiger partial charge in [0.05, 0.1) is 7.11 Å². The van der Waals surface area contributed by atoms with Crippen LogP contribution < -0.4 is 15.4 Å². The molecule has 1 heterocycles. The lowest BCUT2D eigenvalue weighted by Crippen LogP contribution is -2.15. The molecule has 0 saturated heterocycles. The molecule has 0 bridgehead atoms. The van der Waals surface area contributed by atoms with E-state index in [0.717, 1.165) is 19.4 Å². The van der Waals surface area contributed by atoms with Gasteiger partial charge in [-0.3, -0.25) is 4.79 Å². The molecule has 0 aliphatic rings. The van der Waals surface area contributed by atoms with Gasteiger partial charge in [0.2, 0.25) is 0 Å². The standard InChI is InChI=1S/C16H20N4O2/c1-3-4-10-17-15-9-8-14(19-20-15)16(21)18-12-6-5-7-13(11-12)22-2/h5-9,11H,3-4,10H2,1-2H3,(H,17,20)(H,18,21). The third kappa shape index (κ3) is 4.44. The molecule has 0 atom stereocenters. The summed E-state index contributed by atoms with van der Waals surface area (Å²) in [6.07, 6.45) is 2.18. The van der Waals surface area contributed by atoms with Gasteiger partial charge in [-0.2, -0.15) is 0 Å². The number of aromatic nitrogens is 2. The largest absolute Gasteiger partial charge is 0.497 e. The van der Waals surface area contributed by atoms with E-state index in [9.17, 15) is 4.79 Å². The normalized spacial score (nSPS) is 10.1. The van der Waals surface area contributed by atoms with Crippen LogP contribution in [0.25, 0.3) is 0 Å². The summed E-state index contributed by atoms with van der Waals surface area (Å²) in [6, 6.07) is 10.5. The molecule has 0 unspecified atom stereocenters. The number of hydrogen-bond acceptors (Lipinski definition) is 5. The van der Waals surface area contributed by atoms with Gasteiger partial charge in [-0.05, 0) is 30.7 Å². The second-order valence-electron chi connectivity index (χ2n) is 4.77. The van der Waals surface area contributed by atoms with Gasteiger partial charge in [-0.15, -0.1) is 10.2 Å². The number of methoxy groups -OCH3 is 1. The molecule has 2 N–H and O–H groups in total. The molecule has 0 radical (unpaired) electrons. The zero-order valence-electron chi connectivity index (χ0n) is 12.8. The van der Waals surface area contributed by atoms with Crippen molar-refractivity contribution in [3.05, 3.63) is 42.1 Å². The van der Waals surface area contributed by atoms with Crippen molar-refractivity contribution in [2.24, 2.45) is 0 Å².